The number of hydrogen-bond donors (Lipinski definition) is 3. The minimum absolute atomic E-state index is 0.0396. The lowest BCUT2D eigenvalue weighted by atomic mass is 10.1. The molecule has 114 valence electrons. The Labute approximate surface area is 120 Å². The molecule has 3 N–H and O–H groups in total. The molecule has 1 aromatic heterocycles. The van der Waals surface area contributed by atoms with Crippen LogP contribution < -0.4 is 10.0 Å². The zero-order valence-corrected chi connectivity index (χ0v) is 12.6. The summed E-state index contributed by atoms with van der Waals surface area (Å²) >= 11 is 0. The molecule has 0 saturated carbocycles. The van der Waals surface area contributed by atoms with Gasteiger partial charge in [-0.05, 0) is 19.4 Å². The molecule has 1 atom stereocenters. The fourth-order valence-electron chi connectivity index (χ4n) is 2.44. The van der Waals surface area contributed by atoms with E-state index in [-0.39, 0.29) is 12.6 Å². The van der Waals surface area contributed by atoms with Crippen LogP contribution in [-0.2, 0) is 16.8 Å². The smallest absolute Gasteiger partial charge is 0.280 e. The van der Waals surface area contributed by atoms with E-state index in [0.29, 0.717) is 18.9 Å². The molecule has 1 fully saturated rings. The molecule has 0 bridgehead atoms. The number of aromatic amines is 1. The fraction of sp³-hybridized carbons (Fsp3) is 0.750. The molecule has 0 aliphatic carbocycles. The van der Waals surface area contributed by atoms with Crippen LogP contribution in [0.2, 0.25) is 0 Å². The highest BCUT2D eigenvalue weighted by molar-refractivity contribution is 7.87. The van der Waals surface area contributed by atoms with Crippen molar-refractivity contribution in [3.05, 3.63) is 18.2 Å². The van der Waals surface area contributed by atoms with Gasteiger partial charge in [-0.15, -0.1) is 0 Å². The van der Waals surface area contributed by atoms with Gasteiger partial charge in [0.05, 0.1) is 6.54 Å². The Balaban J connectivity index is 1.97. The number of H-pyrrole nitrogens is 1. The first-order chi connectivity index (χ1) is 9.63. The van der Waals surface area contributed by atoms with Crippen molar-refractivity contribution in [1.29, 1.82) is 0 Å². The van der Waals surface area contributed by atoms with Crippen molar-refractivity contribution in [2.45, 2.75) is 38.8 Å². The summed E-state index contributed by atoms with van der Waals surface area (Å²) < 4.78 is 29.0. The predicted octanol–water partition coefficient (Wildman–Crippen LogP) is 0.208. The Kier molecular flexibility index (Phi) is 5.53. The van der Waals surface area contributed by atoms with Crippen molar-refractivity contribution in [3.63, 3.8) is 0 Å². The third-order valence-corrected chi connectivity index (χ3v) is 5.10. The summed E-state index contributed by atoms with van der Waals surface area (Å²) in [6.45, 7) is 4.36. The molecule has 1 aliphatic rings. The molecule has 1 aliphatic heterocycles. The molecular formula is C12H23N5O2S. The third-order valence-electron chi connectivity index (χ3n) is 3.49. The quantitative estimate of drug-likeness (QED) is 0.671. The molecule has 8 heteroatoms. The van der Waals surface area contributed by atoms with E-state index in [4.69, 9.17) is 0 Å². The number of likely N-dealkylation sites (N-methyl/N-ethyl adjacent to an activating group) is 1. The average molecular weight is 301 g/mol. The monoisotopic (exact) mass is 301 g/mol. The molecule has 0 radical (unpaired) electrons. The number of piperidine rings is 1. The minimum atomic E-state index is -3.46. The van der Waals surface area contributed by atoms with E-state index >= 15 is 0 Å². The first-order valence-corrected chi connectivity index (χ1v) is 8.53. The molecule has 1 unspecified atom stereocenters. The van der Waals surface area contributed by atoms with E-state index in [9.17, 15) is 8.42 Å². The lowest BCUT2D eigenvalue weighted by molar-refractivity contribution is 0.243. The molecule has 1 aromatic rings. The Morgan fingerprint density at radius 1 is 1.50 bits per heavy atom. The van der Waals surface area contributed by atoms with Crippen molar-refractivity contribution in [2.24, 2.45) is 0 Å². The van der Waals surface area contributed by atoms with Gasteiger partial charge >= 0.3 is 0 Å². The number of hydrogen-bond acceptors (Lipinski definition) is 4. The van der Waals surface area contributed by atoms with Crippen molar-refractivity contribution in [2.75, 3.05) is 19.6 Å². The zero-order valence-electron chi connectivity index (χ0n) is 11.8. The van der Waals surface area contributed by atoms with Crippen molar-refractivity contribution < 1.29 is 8.42 Å². The second-order valence-electron chi connectivity index (χ2n) is 4.93. The van der Waals surface area contributed by atoms with E-state index < -0.39 is 10.2 Å². The zero-order chi connectivity index (χ0) is 14.4. The molecule has 2 rings (SSSR count). The Morgan fingerprint density at radius 3 is 3.05 bits per heavy atom. The predicted molar refractivity (Wildman–Crippen MR) is 77.2 cm³/mol. The van der Waals surface area contributed by atoms with Crippen molar-refractivity contribution in [3.8, 4) is 0 Å². The van der Waals surface area contributed by atoms with Crippen LogP contribution in [0, 0.1) is 0 Å². The van der Waals surface area contributed by atoms with Crippen molar-refractivity contribution >= 4 is 10.2 Å². The molecule has 0 amide bonds. The molecule has 1 saturated heterocycles. The van der Waals surface area contributed by atoms with Gasteiger partial charge in [0.25, 0.3) is 10.2 Å². The minimum Gasteiger partial charge on any atom is -0.347 e. The summed E-state index contributed by atoms with van der Waals surface area (Å²) in [7, 11) is -3.46. The lowest BCUT2D eigenvalue weighted by Crippen LogP contribution is -2.52. The number of nitrogens with zero attached hydrogens (tertiary/aromatic N) is 2. The normalized spacial score (nSPS) is 21.1. The summed E-state index contributed by atoms with van der Waals surface area (Å²) in [5.41, 5.74) is 0. The van der Waals surface area contributed by atoms with Crippen LogP contribution in [0.5, 0.6) is 0 Å². The summed E-state index contributed by atoms with van der Waals surface area (Å²) in [5, 5.41) is 3.24. The highest BCUT2D eigenvalue weighted by Gasteiger charge is 2.31. The summed E-state index contributed by atoms with van der Waals surface area (Å²) in [4.78, 5) is 6.91. The van der Waals surface area contributed by atoms with Crippen LogP contribution >= 0.6 is 0 Å². The first kappa shape index (κ1) is 15.4. The molecule has 20 heavy (non-hydrogen) atoms. The van der Waals surface area contributed by atoms with Gasteiger partial charge < -0.3 is 10.3 Å². The molecule has 0 spiro atoms. The Hall–Kier alpha value is -0.960. The number of aromatic nitrogens is 2. The molecule has 2 heterocycles. The second-order valence-corrected chi connectivity index (χ2v) is 6.64. The van der Waals surface area contributed by atoms with Crippen LogP contribution in [-0.4, -0.2) is 48.4 Å². The SMILES string of the molecule is CCNCC1CCCCN1S(=O)(=O)NCc1ncc[nH]1. The number of imidazole rings is 1. The largest absolute Gasteiger partial charge is 0.347 e. The van der Waals surface area contributed by atoms with Gasteiger partial charge in [-0.3, -0.25) is 0 Å². The Morgan fingerprint density at radius 2 is 2.35 bits per heavy atom. The van der Waals surface area contributed by atoms with Gasteiger partial charge in [-0.1, -0.05) is 13.3 Å². The van der Waals surface area contributed by atoms with Crippen LogP contribution in [0.4, 0.5) is 0 Å². The van der Waals surface area contributed by atoms with Crippen LogP contribution in [0.3, 0.4) is 0 Å². The molecule has 0 aromatic carbocycles. The van der Waals surface area contributed by atoms with E-state index in [1.54, 1.807) is 16.7 Å². The van der Waals surface area contributed by atoms with Gasteiger partial charge in [-0.2, -0.15) is 17.4 Å². The molecular weight excluding hydrogens is 278 g/mol. The van der Waals surface area contributed by atoms with Gasteiger partial charge in [-0.25, -0.2) is 4.98 Å². The van der Waals surface area contributed by atoms with Gasteiger partial charge in [0.15, 0.2) is 0 Å². The number of nitrogens with one attached hydrogen (secondary N) is 3. The summed E-state index contributed by atoms with van der Waals surface area (Å²) in [6.07, 6.45) is 6.20. The highest BCUT2D eigenvalue weighted by Crippen LogP contribution is 2.19. The van der Waals surface area contributed by atoms with E-state index in [2.05, 4.69) is 20.0 Å². The van der Waals surface area contributed by atoms with Crippen LogP contribution in [0.25, 0.3) is 0 Å². The topological polar surface area (TPSA) is 90.1 Å². The molecule has 7 nitrogen and oxygen atoms in total. The first-order valence-electron chi connectivity index (χ1n) is 7.09. The lowest BCUT2D eigenvalue weighted by Gasteiger charge is -2.34. The average Bonchev–Trinajstić information content (AvgIpc) is 2.97. The van der Waals surface area contributed by atoms with E-state index in [1.807, 2.05) is 6.92 Å². The maximum Gasteiger partial charge on any atom is 0.280 e. The van der Waals surface area contributed by atoms with Gasteiger partial charge in [0, 0.05) is 31.5 Å². The van der Waals surface area contributed by atoms with Gasteiger partial charge in [0.1, 0.15) is 5.82 Å². The van der Waals surface area contributed by atoms with Crippen molar-refractivity contribution in [1.82, 2.24) is 24.3 Å². The second kappa shape index (κ2) is 7.16. The summed E-state index contributed by atoms with van der Waals surface area (Å²) in [5.74, 6) is 0.619. The van der Waals surface area contributed by atoms with Crippen LogP contribution in [0.15, 0.2) is 12.4 Å². The fourth-order valence-corrected chi connectivity index (χ4v) is 3.87. The third kappa shape index (κ3) is 4.02. The standard InChI is InChI=1S/C12H23N5O2S/c1-2-13-9-11-5-3-4-8-17(11)20(18,19)16-10-12-14-6-7-15-12/h6-7,11,13,16H,2-5,8-10H2,1H3,(H,14,15). The maximum absolute atomic E-state index is 12.4. The van der Waals surface area contributed by atoms with Gasteiger partial charge in [0.2, 0.25) is 0 Å². The highest BCUT2D eigenvalue weighted by atomic mass is 32.2. The number of rotatable bonds is 7. The Bertz CT molecular complexity index is 488. The maximum atomic E-state index is 12.4. The summed E-state index contributed by atoms with van der Waals surface area (Å²) in [6, 6.07) is 0.0396. The van der Waals surface area contributed by atoms with E-state index in [1.165, 1.54) is 0 Å². The van der Waals surface area contributed by atoms with E-state index in [0.717, 1.165) is 25.8 Å². The van der Waals surface area contributed by atoms with Crippen LogP contribution in [0.1, 0.15) is 32.0 Å².